The predicted octanol–water partition coefficient (Wildman–Crippen LogP) is 6.55. The number of amides is 2. The minimum absolute atomic E-state index is 0.0720. The third-order valence-corrected chi connectivity index (χ3v) is 5.03. The molecular formula is C26H16F3N5O2. The highest BCUT2D eigenvalue weighted by Gasteiger charge is 2.15. The number of fused-ring (bicyclic) bond motifs is 1. The van der Waals surface area contributed by atoms with Gasteiger partial charge in [0.2, 0.25) is 5.82 Å². The van der Waals surface area contributed by atoms with Crippen molar-refractivity contribution in [2.45, 2.75) is 0 Å². The molecule has 0 radical (unpaired) electrons. The number of aromatic nitrogens is 3. The van der Waals surface area contributed by atoms with Crippen LogP contribution in [-0.2, 0) is 0 Å². The monoisotopic (exact) mass is 487 g/mol. The van der Waals surface area contributed by atoms with Crippen molar-refractivity contribution in [3.05, 3.63) is 103 Å². The molecule has 0 aliphatic heterocycles. The van der Waals surface area contributed by atoms with E-state index in [4.69, 9.17) is 4.74 Å². The number of carbonyl (C=O) groups is 1. The number of ether oxygens (including phenoxy) is 1. The van der Waals surface area contributed by atoms with Gasteiger partial charge in [-0.2, -0.15) is 4.39 Å². The third-order valence-electron chi connectivity index (χ3n) is 5.03. The highest BCUT2D eigenvalue weighted by atomic mass is 19.2. The number of pyridine rings is 1. The summed E-state index contributed by atoms with van der Waals surface area (Å²) in [6.07, 6.45) is 4.90. The molecule has 36 heavy (non-hydrogen) atoms. The number of urea groups is 1. The van der Waals surface area contributed by atoms with E-state index < -0.39 is 29.2 Å². The molecule has 2 N–H and O–H groups in total. The summed E-state index contributed by atoms with van der Waals surface area (Å²) in [6, 6.07) is 14.7. The van der Waals surface area contributed by atoms with E-state index in [1.54, 1.807) is 30.7 Å². The normalized spacial score (nSPS) is 10.8. The zero-order valence-corrected chi connectivity index (χ0v) is 18.4. The average Bonchev–Trinajstić information content (AvgIpc) is 2.87. The van der Waals surface area contributed by atoms with Gasteiger partial charge in [-0.1, -0.05) is 6.07 Å². The Morgan fingerprint density at radius 2 is 1.69 bits per heavy atom. The minimum Gasteiger partial charge on any atom is -0.454 e. The van der Waals surface area contributed by atoms with Crippen molar-refractivity contribution < 1.29 is 22.7 Å². The van der Waals surface area contributed by atoms with E-state index >= 15 is 0 Å². The molecule has 2 aromatic heterocycles. The van der Waals surface area contributed by atoms with Crippen LogP contribution >= 0.6 is 0 Å². The van der Waals surface area contributed by atoms with Gasteiger partial charge in [0.25, 0.3) is 0 Å². The summed E-state index contributed by atoms with van der Waals surface area (Å²) in [5.74, 6) is -3.27. The number of benzene rings is 3. The zero-order valence-electron chi connectivity index (χ0n) is 18.4. The Labute approximate surface area is 202 Å². The summed E-state index contributed by atoms with van der Waals surface area (Å²) < 4.78 is 47.7. The van der Waals surface area contributed by atoms with Crippen LogP contribution in [0.1, 0.15) is 0 Å². The fraction of sp³-hybridized carbons (Fsp3) is 0. The fourth-order valence-corrected chi connectivity index (χ4v) is 3.41. The molecule has 0 fully saturated rings. The highest BCUT2D eigenvalue weighted by molar-refractivity contribution is 5.99. The van der Waals surface area contributed by atoms with Crippen molar-refractivity contribution in [1.29, 1.82) is 0 Å². The smallest absolute Gasteiger partial charge is 0.323 e. The Bertz CT molecular complexity index is 1580. The molecule has 10 heteroatoms. The average molecular weight is 487 g/mol. The minimum atomic E-state index is -1.23. The van der Waals surface area contributed by atoms with Gasteiger partial charge in [-0.05, 0) is 42.5 Å². The molecule has 0 unspecified atom stereocenters. The van der Waals surface area contributed by atoms with Gasteiger partial charge in [0.1, 0.15) is 11.6 Å². The maximum Gasteiger partial charge on any atom is 0.323 e. The van der Waals surface area contributed by atoms with E-state index in [0.717, 1.165) is 23.8 Å². The first-order valence-corrected chi connectivity index (χ1v) is 10.6. The molecule has 0 spiro atoms. The van der Waals surface area contributed by atoms with Crippen molar-refractivity contribution in [3.63, 3.8) is 0 Å². The lowest BCUT2D eigenvalue weighted by Gasteiger charge is -2.12. The first-order valence-electron chi connectivity index (χ1n) is 10.6. The molecule has 2 heterocycles. The Hall–Kier alpha value is -4.99. The van der Waals surface area contributed by atoms with Crippen LogP contribution in [0.3, 0.4) is 0 Å². The van der Waals surface area contributed by atoms with E-state index in [-0.39, 0.29) is 17.1 Å². The van der Waals surface area contributed by atoms with Crippen LogP contribution in [0.5, 0.6) is 11.5 Å². The van der Waals surface area contributed by atoms with E-state index in [0.29, 0.717) is 16.7 Å². The molecule has 7 nitrogen and oxygen atoms in total. The summed E-state index contributed by atoms with van der Waals surface area (Å²) in [4.78, 5) is 25.2. The number of anilines is 2. The molecule has 0 aliphatic rings. The van der Waals surface area contributed by atoms with Crippen molar-refractivity contribution in [2.75, 3.05) is 10.6 Å². The van der Waals surface area contributed by atoms with E-state index in [9.17, 15) is 18.0 Å². The molecule has 5 rings (SSSR count). The Morgan fingerprint density at radius 1 is 0.833 bits per heavy atom. The first kappa shape index (κ1) is 22.8. The summed E-state index contributed by atoms with van der Waals surface area (Å²) in [5.41, 5.74) is 2.51. The topological polar surface area (TPSA) is 89.0 Å². The Kier molecular flexibility index (Phi) is 6.14. The van der Waals surface area contributed by atoms with Gasteiger partial charge in [-0.25, -0.2) is 18.6 Å². The maximum absolute atomic E-state index is 14.5. The molecule has 0 aliphatic carbocycles. The SMILES string of the molecule is O=C(Nc1cccc(F)c1)Nc1cc(F)c(F)c(Oc2ccc3ncc(-c4cccnc4)nc3c2)c1. The number of rotatable bonds is 5. The van der Waals surface area contributed by atoms with Gasteiger partial charge < -0.3 is 15.4 Å². The van der Waals surface area contributed by atoms with E-state index in [1.165, 1.54) is 30.3 Å². The standard InChI is InChI=1S/C26H16F3N5O2/c27-16-4-1-5-17(9-16)32-26(35)33-18-10-20(28)25(29)24(11-18)36-19-6-7-21-22(12-19)34-23(14-31-21)15-3-2-8-30-13-15/h1-14H,(H2,32,33,35). The number of hydrogen-bond acceptors (Lipinski definition) is 5. The van der Waals surface area contributed by atoms with Crippen LogP contribution in [-0.4, -0.2) is 21.0 Å². The Balaban J connectivity index is 1.38. The summed E-state index contributed by atoms with van der Waals surface area (Å²) in [6.45, 7) is 0. The lowest BCUT2D eigenvalue weighted by Crippen LogP contribution is -2.19. The molecular weight excluding hydrogens is 471 g/mol. The lowest BCUT2D eigenvalue weighted by atomic mass is 10.2. The summed E-state index contributed by atoms with van der Waals surface area (Å²) >= 11 is 0. The summed E-state index contributed by atoms with van der Waals surface area (Å²) in [5, 5.41) is 4.78. The van der Waals surface area contributed by atoms with Crippen molar-refractivity contribution in [2.24, 2.45) is 0 Å². The van der Waals surface area contributed by atoms with Crippen LogP contribution in [0.25, 0.3) is 22.3 Å². The van der Waals surface area contributed by atoms with Gasteiger partial charge >= 0.3 is 6.03 Å². The van der Waals surface area contributed by atoms with Gasteiger partial charge in [0.05, 0.1) is 22.9 Å². The largest absolute Gasteiger partial charge is 0.454 e. The molecule has 0 saturated heterocycles. The van der Waals surface area contributed by atoms with Crippen LogP contribution < -0.4 is 15.4 Å². The second kappa shape index (κ2) is 9.71. The second-order valence-corrected chi connectivity index (χ2v) is 7.61. The van der Waals surface area contributed by atoms with E-state index in [2.05, 4.69) is 25.6 Å². The molecule has 0 saturated carbocycles. The van der Waals surface area contributed by atoms with Gasteiger partial charge in [-0.15, -0.1) is 0 Å². The van der Waals surface area contributed by atoms with Crippen molar-refractivity contribution in [1.82, 2.24) is 15.0 Å². The number of carbonyl (C=O) groups excluding carboxylic acids is 1. The zero-order chi connectivity index (χ0) is 25.1. The van der Waals surface area contributed by atoms with E-state index in [1.807, 2.05) is 6.07 Å². The van der Waals surface area contributed by atoms with Crippen LogP contribution in [0.15, 0.2) is 85.3 Å². The fourth-order valence-electron chi connectivity index (χ4n) is 3.41. The van der Waals surface area contributed by atoms with Crippen molar-refractivity contribution >= 4 is 28.4 Å². The lowest BCUT2D eigenvalue weighted by molar-refractivity contribution is 0.262. The molecule has 0 bridgehead atoms. The highest BCUT2D eigenvalue weighted by Crippen LogP contribution is 2.31. The number of halogens is 3. The molecule has 5 aromatic rings. The predicted molar refractivity (Wildman–Crippen MR) is 128 cm³/mol. The number of hydrogen-bond donors (Lipinski definition) is 2. The van der Waals surface area contributed by atoms with Crippen LogP contribution in [0.4, 0.5) is 29.3 Å². The number of nitrogens with one attached hydrogen (secondary N) is 2. The molecule has 2 amide bonds. The third kappa shape index (κ3) is 5.07. The molecule has 3 aromatic carbocycles. The molecule has 0 atom stereocenters. The van der Waals surface area contributed by atoms with Gasteiger partial charge in [0.15, 0.2) is 11.6 Å². The number of nitrogens with zero attached hydrogens (tertiary/aromatic N) is 3. The maximum atomic E-state index is 14.5. The summed E-state index contributed by atoms with van der Waals surface area (Å²) in [7, 11) is 0. The quantitative estimate of drug-likeness (QED) is 0.294. The first-order chi connectivity index (χ1) is 17.4. The van der Waals surface area contributed by atoms with Crippen LogP contribution in [0.2, 0.25) is 0 Å². The second-order valence-electron chi connectivity index (χ2n) is 7.61. The van der Waals surface area contributed by atoms with Gasteiger partial charge in [0, 0.05) is 47.5 Å². The van der Waals surface area contributed by atoms with Crippen LogP contribution in [0, 0.1) is 17.5 Å². The Morgan fingerprint density at radius 3 is 2.50 bits per heavy atom. The molecule has 178 valence electrons. The van der Waals surface area contributed by atoms with Crippen molar-refractivity contribution in [3.8, 4) is 22.8 Å². The van der Waals surface area contributed by atoms with Gasteiger partial charge in [-0.3, -0.25) is 9.97 Å².